The highest BCUT2D eigenvalue weighted by Gasteiger charge is 2.19. The average molecular weight is 491 g/mol. The van der Waals surface area contributed by atoms with E-state index in [1.807, 2.05) is 73.1 Å². The van der Waals surface area contributed by atoms with Gasteiger partial charge in [-0.3, -0.25) is 14.5 Å². The molecule has 0 aliphatic carbocycles. The summed E-state index contributed by atoms with van der Waals surface area (Å²) in [4.78, 5) is 17.0. The van der Waals surface area contributed by atoms with Crippen LogP contribution < -0.4 is 14.8 Å². The van der Waals surface area contributed by atoms with Crippen molar-refractivity contribution in [2.45, 2.75) is 33.5 Å². The third-order valence-electron chi connectivity index (χ3n) is 5.71. The van der Waals surface area contributed by atoms with Gasteiger partial charge in [-0.2, -0.15) is 5.10 Å². The Balaban J connectivity index is 1.42. The fourth-order valence-electron chi connectivity index (χ4n) is 3.82. The number of rotatable bonds is 9. The first kappa shape index (κ1) is 24.3. The molecular formula is C27H27ClN4O3. The number of ether oxygens (including phenoxy) is 2. The summed E-state index contributed by atoms with van der Waals surface area (Å²) in [7, 11) is 1.59. The van der Waals surface area contributed by atoms with Gasteiger partial charge >= 0.3 is 0 Å². The molecule has 0 atom stereocenters. The maximum atomic E-state index is 13.0. The highest BCUT2D eigenvalue weighted by molar-refractivity contribution is 6.31. The van der Waals surface area contributed by atoms with Gasteiger partial charge in [0.15, 0.2) is 11.5 Å². The summed E-state index contributed by atoms with van der Waals surface area (Å²) < 4.78 is 13.2. The largest absolute Gasteiger partial charge is 0.493 e. The number of hydrogen-bond acceptors (Lipinski definition) is 5. The van der Waals surface area contributed by atoms with Crippen LogP contribution >= 0.6 is 11.6 Å². The zero-order valence-electron chi connectivity index (χ0n) is 19.9. The van der Waals surface area contributed by atoms with Crippen molar-refractivity contribution in [2.24, 2.45) is 0 Å². The predicted molar refractivity (Wildman–Crippen MR) is 135 cm³/mol. The van der Waals surface area contributed by atoms with Crippen LogP contribution in [-0.4, -0.2) is 27.8 Å². The molecule has 0 unspecified atom stereocenters. The summed E-state index contributed by atoms with van der Waals surface area (Å²) in [5, 5.41) is 8.23. The molecule has 1 N–H and O–H groups in total. The van der Waals surface area contributed by atoms with E-state index in [9.17, 15) is 4.79 Å². The normalized spacial score (nSPS) is 10.7. The summed E-state index contributed by atoms with van der Waals surface area (Å²) in [6.07, 6.45) is 3.46. The van der Waals surface area contributed by atoms with Crippen LogP contribution in [0.15, 0.2) is 67.0 Å². The number of carbonyl (C=O) groups excluding carboxylic acids is 1. The number of amides is 1. The van der Waals surface area contributed by atoms with Gasteiger partial charge in [0.05, 0.1) is 24.9 Å². The maximum absolute atomic E-state index is 13.0. The number of nitrogens with zero attached hydrogens (tertiary/aromatic N) is 3. The van der Waals surface area contributed by atoms with Crippen LogP contribution in [0.5, 0.6) is 11.5 Å². The van der Waals surface area contributed by atoms with Crippen molar-refractivity contribution in [2.75, 3.05) is 7.11 Å². The molecule has 4 rings (SSSR count). The molecule has 4 aromatic rings. The molecule has 7 nitrogen and oxygen atoms in total. The second-order valence-corrected chi connectivity index (χ2v) is 8.51. The summed E-state index contributed by atoms with van der Waals surface area (Å²) >= 11 is 6.30. The molecule has 180 valence electrons. The van der Waals surface area contributed by atoms with E-state index in [2.05, 4.69) is 15.4 Å². The van der Waals surface area contributed by atoms with Crippen molar-refractivity contribution in [1.82, 2.24) is 20.1 Å². The Kier molecular flexibility index (Phi) is 7.67. The van der Waals surface area contributed by atoms with Crippen LogP contribution in [0.4, 0.5) is 0 Å². The molecule has 8 heteroatoms. The van der Waals surface area contributed by atoms with Crippen LogP contribution in [0.3, 0.4) is 0 Å². The third kappa shape index (κ3) is 5.81. The molecule has 0 fully saturated rings. The Morgan fingerprint density at radius 3 is 2.54 bits per heavy atom. The van der Waals surface area contributed by atoms with Crippen LogP contribution in [0.1, 0.15) is 38.4 Å². The standard InChI is InChI=1S/C27H27ClN4O3/c1-18-26(19(2)32(31-18)16-22-6-4-5-7-23(22)28)27(33)30-15-21-8-9-24(25(14-21)34-3)35-17-20-10-12-29-13-11-20/h4-14H,15-17H2,1-3H3,(H,30,33). The lowest BCUT2D eigenvalue weighted by Crippen LogP contribution is -2.24. The monoisotopic (exact) mass is 490 g/mol. The maximum Gasteiger partial charge on any atom is 0.255 e. The number of hydrogen-bond donors (Lipinski definition) is 1. The van der Waals surface area contributed by atoms with Crippen LogP contribution in [0.2, 0.25) is 5.02 Å². The lowest BCUT2D eigenvalue weighted by atomic mass is 10.1. The molecule has 1 amide bonds. The molecule has 2 heterocycles. The smallest absolute Gasteiger partial charge is 0.255 e. The van der Waals surface area contributed by atoms with Crippen LogP contribution in [0, 0.1) is 13.8 Å². The first-order valence-electron chi connectivity index (χ1n) is 11.2. The van der Waals surface area contributed by atoms with Crippen molar-refractivity contribution < 1.29 is 14.3 Å². The van der Waals surface area contributed by atoms with Gasteiger partial charge in [0.1, 0.15) is 6.61 Å². The minimum atomic E-state index is -0.178. The molecule has 2 aromatic heterocycles. The second-order valence-electron chi connectivity index (χ2n) is 8.11. The first-order valence-corrected chi connectivity index (χ1v) is 11.6. The van der Waals surface area contributed by atoms with Crippen molar-refractivity contribution in [3.05, 3.63) is 106 Å². The van der Waals surface area contributed by atoms with E-state index >= 15 is 0 Å². The van der Waals surface area contributed by atoms with Gasteiger partial charge in [-0.1, -0.05) is 35.9 Å². The topological polar surface area (TPSA) is 78.3 Å². The molecule has 0 aliphatic rings. The zero-order chi connectivity index (χ0) is 24.8. The Morgan fingerprint density at radius 1 is 1.03 bits per heavy atom. The van der Waals surface area contributed by atoms with Gasteiger partial charge in [0.25, 0.3) is 5.91 Å². The fraction of sp³-hybridized carbons (Fsp3) is 0.222. The number of aromatic nitrogens is 3. The quantitative estimate of drug-likeness (QED) is 0.352. The predicted octanol–water partition coefficient (Wildman–Crippen LogP) is 5.11. The molecule has 0 aliphatic heterocycles. The molecule has 0 saturated carbocycles. The van der Waals surface area contributed by atoms with Gasteiger partial charge in [-0.15, -0.1) is 0 Å². The molecule has 0 bridgehead atoms. The first-order chi connectivity index (χ1) is 17.0. The SMILES string of the molecule is COc1cc(CNC(=O)c2c(C)nn(Cc3ccccc3Cl)c2C)ccc1OCc1ccncc1. The minimum absolute atomic E-state index is 0.178. The fourth-order valence-corrected chi connectivity index (χ4v) is 4.01. The van der Waals surface area contributed by atoms with Gasteiger partial charge in [-0.25, -0.2) is 0 Å². The third-order valence-corrected chi connectivity index (χ3v) is 6.08. The van der Waals surface area contributed by atoms with Crippen LogP contribution in [-0.2, 0) is 19.7 Å². The van der Waals surface area contributed by atoms with E-state index in [0.29, 0.717) is 47.5 Å². The van der Waals surface area contributed by atoms with Gasteiger partial charge in [0, 0.05) is 29.7 Å². The Morgan fingerprint density at radius 2 is 1.80 bits per heavy atom. The average Bonchev–Trinajstić information content (AvgIpc) is 3.15. The molecular weight excluding hydrogens is 464 g/mol. The number of pyridine rings is 1. The van der Waals surface area contributed by atoms with Crippen molar-refractivity contribution in [3.8, 4) is 11.5 Å². The van der Waals surface area contributed by atoms with E-state index in [-0.39, 0.29) is 5.91 Å². The lowest BCUT2D eigenvalue weighted by Gasteiger charge is -2.13. The Labute approximate surface area is 209 Å². The van der Waals surface area contributed by atoms with E-state index in [1.54, 1.807) is 19.5 Å². The molecule has 0 radical (unpaired) electrons. The minimum Gasteiger partial charge on any atom is -0.493 e. The van der Waals surface area contributed by atoms with E-state index in [4.69, 9.17) is 21.1 Å². The number of carbonyl (C=O) groups is 1. The number of halogens is 1. The lowest BCUT2D eigenvalue weighted by molar-refractivity contribution is 0.0949. The van der Waals surface area contributed by atoms with Gasteiger partial charge in [-0.05, 0) is 60.9 Å². The van der Waals surface area contributed by atoms with Crippen molar-refractivity contribution in [3.63, 3.8) is 0 Å². The second kappa shape index (κ2) is 11.1. The highest BCUT2D eigenvalue weighted by atomic mass is 35.5. The molecule has 0 spiro atoms. The number of nitrogens with one attached hydrogen (secondary N) is 1. The summed E-state index contributed by atoms with van der Waals surface area (Å²) in [5.74, 6) is 1.06. The van der Waals surface area contributed by atoms with Crippen molar-refractivity contribution >= 4 is 17.5 Å². The van der Waals surface area contributed by atoms with Crippen molar-refractivity contribution in [1.29, 1.82) is 0 Å². The summed E-state index contributed by atoms with van der Waals surface area (Å²) in [6.45, 7) is 4.98. The number of methoxy groups -OCH3 is 1. The van der Waals surface area contributed by atoms with E-state index in [0.717, 1.165) is 22.4 Å². The molecule has 35 heavy (non-hydrogen) atoms. The zero-order valence-corrected chi connectivity index (χ0v) is 20.7. The Bertz CT molecular complexity index is 1320. The summed E-state index contributed by atoms with van der Waals surface area (Å²) in [5.41, 5.74) is 4.89. The summed E-state index contributed by atoms with van der Waals surface area (Å²) in [6, 6.07) is 17.0. The number of aryl methyl sites for hydroxylation is 1. The number of benzene rings is 2. The van der Waals surface area contributed by atoms with E-state index < -0.39 is 0 Å². The van der Waals surface area contributed by atoms with Gasteiger partial charge in [0.2, 0.25) is 0 Å². The van der Waals surface area contributed by atoms with Gasteiger partial charge < -0.3 is 14.8 Å². The van der Waals surface area contributed by atoms with E-state index in [1.165, 1.54) is 0 Å². The molecule has 0 saturated heterocycles. The van der Waals surface area contributed by atoms with Crippen LogP contribution in [0.25, 0.3) is 0 Å². The highest BCUT2D eigenvalue weighted by Crippen LogP contribution is 2.29. The Hall–Kier alpha value is -3.84. The molecule has 2 aromatic carbocycles.